The number of aliphatic carboxylic acids is 1. The van der Waals surface area contributed by atoms with Crippen molar-refractivity contribution in [2.24, 2.45) is 7.05 Å². The van der Waals surface area contributed by atoms with Gasteiger partial charge in [-0.3, -0.25) is 4.79 Å². The molecule has 36 heavy (non-hydrogen) atoms. The maximum absolute atomic E-state index is 14.8. The number of aryl methyl sites for hydroxylation is 3. The molecule has 0 saturated heterocycles. The van der Waals surface area contributed by atoms with Gasteiger partial charge in [0.1, 0.15) is 11.5 Å². The number of pyridine rings is 1. The van der Waals surface area contributed by atoms with Gasteiger partial charge in [-0.05, 0) is 61.2 Å². The Labute approximate surface area is 252 Å². The Bertz CT molecular complexity index is 1320. The summed E-state index contributed by atoms with van der Waals surface area (Å²) < 4.78 is 16.0. The minimum absolute atomic E-state index is 0. The molecule has 0 unspecified atom stereocenters. The van der Waals surface area contributed by atoms with Crippen LogP contribution in [-0.2, 0) is 11.8 Å². The fraction of sp³-hybridized carbons (Fsp3) is 0.240. The van der Waals surface area contributed by atoms with Crippen molar-refractivity contribution in [2.75, 3.05) is 5.32 Å². The number of hydrogen-bond donors (Lipinski definition) is 2. The van der Waals surface area contributed by atoms with E-state index < -0.39 is 47.3 Å². The van der Waals surface area contributed by atoms with Crippen LogP contribution in [0.1, 0.15) is 34.8 Å². The van der Waals surface area contributed by atoms with Crippen LogP contribution in [0.5, 0.6) is 5.75 Å². The van der Waals surface area contributed by atoms with Gasteiger partial charge in [0.05, 0.1) is 6.04 Å². The number of amides is 2. The van der Waals surface area contributed by atoms with E-state index in [1.165, 1.54) is 35.9 Å². The molecular formula is C25H24FN3Na2O5. The summed E-state index contributed by atoms with van der Waals surface area (Å²) >= 11 is 0. The number of benzene rings is 2. The predicted molar refractivity (Wildman–Crippen MR) is 122 cm³/mol. The molecule has 0 bridgehead atoms. The SMILES string of the molecule is Cc1cccc(C)c1-c1cc([C@H](CC(=O)[O-])NC(=O)Nc2c([O-])cc(C)n(C)c2=O)ccc1F.[Na+].[Na+]. The van der Waals surface area contributed by atoms with E-state index in [9.17, 15) is 29.0 Å². The van der Waals surface area contributed by atoms with Crippen LogP contribution in [0.25, 0.3) is 11.1 Å². The van der Waals surface area contributed by atoms with Crippen LogP contribution >= 0.6 is 0 Å². The van der Waals surface area contributed by atoms with Gasteiger partial charge in [0.2, 0.25) is 0 Å². The third kappa shape index (κ3) is 7.21. The molecule has 0 saturated carbocycles. The van der Waals surface area contributed by atoms with Crippen molar-refractivity contribution in [1.82, 2.24) is 9.88 Å². The molecule has 1 atom stereocenters. The second-order valence-electron chi connectivity index (χ2n) is 8.12. The quantitative estimate of drug-likeness (QED) is 0.329. The smallest absolute Gasteiger partial charge is 0.871 e. The molecule has 8 nitrogen and oxygen atoms in total. The Balaban J connectivity index is 0.00000324. The van der Waals surface area contributed by atoms with Crippen LogP contribution in [0.4, 0.5) is 14.9 Å². The van der Waals surface area contributed by atoms with Crippen LogP contribution in [0, 0.1) is 26.6 Å². The summed E-state index contributed by atoms with van der Waals surface area (Å²) in [6.07, 6.45) is -0.610. The van der Waals surface area contributed by atoms with Crippen LogP contribution in [0.3, 0.4) is 0 Å². The first kappa shape index (κ1) is 31.9. The zero-order valence-electron chi connectivity index (χ0n) is 21.2. The Morgan fingerprint density at radius 3 is 2.25 bits per heavy atom. The van der Waals surface area contributed by atoms with Gasteiger partial charge < -0.3 is 30.2 Å². The van der Waals surface area contributed by atoms with E-state index in [1.54, 1.807) is 6.92 Å². The van der Waals surface area contributed by atoms with Gasteiger partial charge in [-0.25, -0.2) is 9.18 Å². The summed E-state index contributed by atoms with van der Waals surface area (Å²) in [7, 11) is 1.45. The van der Waals surface area contributed by atoms with Crippen LogP contribution < -0.4 is 85.5 Å². The van der Waals surface area contributed by atoms with Crippen molar-refractivity contribution in [3.63, 3.8) is 0 Å². The van der Waals surface area contributed by atoms with Crippen LogP contribution in [0.2, 0.25) is 0 Å². The van der Waals surface area contributed by atoms with Crippen LogP contribution in [0.15, 0.2) is 47.3 Å². The molecule has 3 aromatic rings. The van der Waals surface area contributed by atoms with Crippen molar-refractivity contribution >= 4 is 17.7 Å². The standard InChI is InChI=1S/C25H26FN3O5.2Na/c1-13-6-5-7-14(2)22(13)17-11-16(8-9-18(17)26)19(12-21(31)32)27-25(34)28-23-20(30)10-15(3)29(4)24(23)33;;/h5-11,19,30H,12H2,1-4H3,(H,31,32)(H2,27,28,34);;/q;2*+1/p-2/t19-;;/m0../s1. The topological polar surface area (TPSA) is 126 Å². The average Bonchev–Trinajstić information content (AvgIpc) is 2.75. The maximum atomic E-state index is 14.8. The molecule has 3 rings (SSSR count). The number of rotatable bonds is 6. The van der Waals surface area contributed by atoms with E-state index >= 15 is 0 Å². The molecule has 0 radical (unpaired) electrons. The first-order chi connectivity index (χ1) is 16.0. The fourth-order valence-electron chi connectivity index (χ4n) is 3.82. The molecule has 178 valence electrons. The summed E-state index contributed by atoms with van der Waals surface area (Å²) in [5.41, 5.74) is 2.15. The number of nitrogens with one attached hydrogen (secondary N) is 2. The predicted octanol–water partition coefficient (Wildman–Crippen LogP) is -3.80. The van der Waals surface area contributed by atoms with E-state index in [0.29, 0.717) is 16.8 Å². The average molecular weight is 511 g/mol. The fourth-order valence-corrected chi connectivity index (χ4v) is 3.82. The van der Waals surface area contributed by atoms with Gasteiger partial charge in [-0.1, -0.05) is 30.0 Å². The zero-order valence-corrected chi connectivity index (χ0v) is 25.2. The first-order valence-electron chi connectivity index (χ1n) is 10.5. The van der Waals surface area contributed by atoms with E-state index in [1.807, 2.05) is 32.0 Å². The van der Waals surface area contributed by atoms with Gasteiger partial charge in [-0.2, -0.15) is 0 Å². The summed E-state index contributed by atoms with van der Waals surface area (Å²) in [6, 6.07) is 8.69. The molecule has 0 aliphatic rings. The summed E-state index contributed by atoms with van der Waals surface area (Å²) in [6.45, 7) is 5.24. The van der Waals surface area contributed by atoms with Crippen molar-refractivity contribution < 1.29 is 83.3 Å². The molecule has 0 aliphatic heterocycles. The van der Waals surface area contributed by atoms with E-state index in [-0.39, 0.29) is 64.7 Å². The largest absolute Gasteiger partial charge is 1.00 e. The summed E-state index contributed by atoms with van der Waals surface area (Å²) in [4.78, 5) is 36.4. The van der Waals surface area contributed by atoms with Gasteiger partial charge in [0, 0.05) is 30.7 Å². The minimum Gasteiger partial charge on any atom is -0.871 e. The zero-order chi connectivity index (χ0) is 25.2. The molecule has 11 heteroatoms. The molecule has 0 spiro atoms. The summed E-state index contributed by atoms with van der Waals surface area (Å²) in [5, 5.41) is 28.2. The minimum atomic E-state index is -1.45. The third-order valence-corrected chi connectivity index (χ3v) is 5.69. The Kier molecular flexibility index (Phi) is 11.9. The molecule has 2 amide bonds. The van der Waals surface area contributed by atoms with E-state index in [2.05, 4.69) is 10.6 Å². The molecule has 0 aliphatic carbocycles. The molecule has 0 fully saturated rings. The monoisotopic (exact) mass is 511 g/mol. The summed E-state index contributed by atoms with van der Waals surface area (Å²) in [5.74, 6) is -2.62. The molecule has 1 heterocycles. The van der Waals surface area contributed by atoms with Crippen molar-refractivity contribution in [1.29, 1.82) is 0 Å². The molecule has 2 aromatic carbocycles. The Morgan fingerprint density at radius 1 is 1.06 bits per heavy atom. The van der Waals surface area contributed by atoms with Gasteiger partial charge in [0.25, 0.3) is 5.56 Å². The number of halogens is 1. The molecule has 1 aromatic heterocycles. The number of hydrogen-bond acceptors (Lipinski definition) is 5. The Morgan fingerprint density at radius 2 is 1.67 bits per heavy atom. The van der Waals surface area contributed by atoms with Gasteiger partial charge >= 0.3 is 65.1 Å². The first-order valence-corrected chi connectivity index (χ1v) is 10.5. The third-order valence-electron chi connectivity index (χ3n) is 5.69. The van der Waals surface area contributed by atoms with Crippen molar-refractivity contribution in [2.45, 2.75) is 33.2 Å². The van der Waals surface area contributed by atoms with Crippen LogP contribution in [-0.4, -0.2) is 16.6 Å². The van der Waals surface area contributed by atoms with Crippen molar-refractivity contribution in [3.05, 3.63) is 81.0 Å². The maximum Gasteiger partial charge on any atom is 1.00 e. The van der Waals surface area contributed by atoms with Crippen molar-refractivity contribution in [3.8, 4) is 16.9 Å². The molecular weight excluding hydrogens is 487 g/mol. The van der Waals surface area contributed by atoms with Gasteiger partial charge in [-0.15, -0.1) is 0 Å². The Hall–Kier alpha value is -2.14. The second-order valence-corrected chi connectivity index (χ2v) is 8.12. The number of urea groups is 1. The number of carboxylic acid groups (broad SMARTS) is 1. The second kappa shape index (κ2) is 13.4. The number of aromatic nitrogens is 1. The van der Waals surface area contributed by atoms with Gasteiger partial charge in [0.15, 0.2) is 0 Å². The number of carbonyl (C=O) groups is 2. The molecule has 2 N–H and O–H groups in total. The number of anilines is 1. The normalized spacial score (nSPS) is 11.0. The van der Waals surface area contributed by atoms with E-state index in [0.717, 1.165) is 11.1 Å². The number of carboxylic acids is 1. The number of carbonyl (C=O) groups excluding carboxylic acids is 2. The number of nitrogens with zero attached hydrogens (tertiary/aromatic N) is 1. The van der Waals surface area contributed by atoms with E-state index in [4.69, 9.17) is 0 Å².